The quantitative estimate of drug-likeness (QED) is 0.197. The van der Waals surface area contributed by atoms with E-state index in [9.17, 15) is 18.4 Å². The van der Waals surface area contributed by atoms with Crippen molar-refractivity contribution in [2.75, 3.05) is 49.2 Å². The number of hydrogen-bond donors (Lipinski definition) is 0. The van der Waals surface area contributed by atoms with Gasteiger partial charge in [-0.05, 0) is 54.6 Å². The van der Waals surface area contributed by atoms with Crippen molar-refractivity contribution in [1.29, 1.82) is 0 Å². The number of rotatable bonds is 11. The molecule has 5 aromatic rings. The monoisotopic (exact) mass is 714 g/mol. The lowest BCUT2D eigenvalue weighted by Gasteiger charge is -2.37. The summed E-state index contributed by atoms with van der Waals surface area (Å²) in [5.41, 5.74) is 0.822. The molecular weight excluding hydrogens is 674 g/mol. The van der Waals surface area contributed by atoms with Crippen LogP contribution < -0.4 is 20.2 Å². The Labute approximate surface area is 299 Å². The van der Waals surface area contributed by atoms with E-state index in [2.05, 4.69) is 25.0 Å². The minimum absolute atomic E-state index is 0.0191. The molecule has 13 nitrogen and oxygen atoms in total. The van der Waals surface area contributed by atoms with Gasteiger partial charge < -0.3 is 24.0 Å². The highest BCUT2D eigenvalue weighted by Gasteiger charge is 2.45. The van der Waals surface area contributed by atoms with Gasteiger partial charge in [-0.15, -0.1) is 0 Å². The average Bonchev–Trinajstić information content (AvgIpc) is 3.89. The number of Topliss-reactive ketones (excluding diaryl/α,β-unsaturated/α-hetero) is 1. The standard InChI is InChI=1S/C37H40F2N8O5/c1-36(2,3)33(48)19-47-35(49)46(25-42-47)29-7-5-27(6-8-29)43-14-16-44(17-15-43)28-9-11-30(12-10-28)50-20-34-51-22-37(52-34,21-45-24-40-23-41-45)31-13-4-26(38)18-32(31)39/h4-13,18,23-25,34H,14-17,19-22H2,1-3H3. The molecule has 0 N–H and O–H groups in total. The fraction of sp³-hybridized carbons (Fsp3) is 0.378. The molecular formula is C37H40F2N8O5. The fourth-order valence-corrected chi connectivity index (χ4v) is 6.33. The molecule has 15 heteroatoms. The molecule has 0 amide bonds. The Kier molecular flexibility index (Phi) is 9.63. The van der Waals surface area contributed by atoms with Crippen molar-refractivity contribution < 1.29 is 27.8 Å². The van der Waals surface area contributed by atoms with Crippen molar-refractivity contribution in [2.45, 2.75) is 45.8 Å². The lowest BCUT2D eigenvalue weighted by Crippen LogP contribution is -2.46. The summed E-state index contributed by atoms with van der Waals surface area (Å²) in [4.78, 5) is 33.9. The zero-order valence-corrected chi connectivity index (χ0v) is 29.2. The van der Waals surface area contributed by atoms with Gasteiger partial charge in [0.25, 0.3) is 0 Å². The van der Waals surface area contributed by atoms with Crippen LogP contribution in [0.4, 0.5) is 20.2 Å². The zero-order valence-electron chi connectivity index (χ0n) is 29.2. The van der Waals surface area contributed by atoms with E-state index >= 15 is 0 Å². The second-order valence-electron chi connectivity index (χ2n) is 14.0. The SMILES string of the molecule is CC(C)(C)C(=O)Cn1ncn(-c2ccc(N3CCN(c4ccc(OCC5OCC(Cn6cncn6)(c6ccc(F)cc6F)O5)cc4)CC3)cc2)c1=O. The van der Waals surface area contributed by atoms with Crippen LogP contribution in [-0.4, -0.2) is 80.6 Å². The Morgan fingerprint density at radius 2 is 1.56 bits per heavy atom. The van der Waals surface area contributed by atoms with Crippen LogP contribution in [0.2, 0.25) is 0 Å². The molecule has 2 fully saturated rings. The van der Waals surface area contributed by atoms with Crippen molar-refractivity contribution in [3.63, 3.8) is 0 Å². The van der Waals surface area contributed by atoms with Gasteiger partial charge in [-0.2, -0.15) is 10.2 Å². The molecule has 4 heterocycles. The van der Waals surface area contributed by atoms with E-state index in [1.165, 1.54) is 45.0 Å². The van der Waals surface area contributed by atoms with E-state index in [0.717, 1.165) is 43.6 Å². The molecule has 0 saturated carbocycles. The number of hydrogen-bond acceptors (Lipinski definition) is 10. The highest BCUT2D eigenvalue weighted by atomic mass is 19.1. The molecule has 272 valence electrons. The van der Waals surface area contributed by atoms with Crippen LogP contribution in [0.25, 0.3) is 5.69 Å². The van der Waals surface area contributed by atoms with E-state index in [1.807, 2.05) is 69.3 Å². The first-order chi connectivity index (χ1) is 25.0. The molecule has 2 atom stereocenters. The molecule has 2 aromatic heterocycles. The van der Waals surface area contributed by atoms with Gasteiger partial charge >= 0.3 is 5.69 Å². The van der Waals surface area contributed by atoms with Crippen molar-refractivity contribution in [2.24, 2.45) is 5.41 Å². The second-order valence-corrected chi connectivity index (χ2v) is 14.0. The summed E-state index contributed by atoms with van der Waals surface area (Å²) < 4.78 is 50.9. The van der Waals surface area contributed by atoms with E-state index in [1.54, 1.807) is 0 Å². The van der Waals surface area contributed by atoms with Gasteiger partial charge in [0, 0.05) is 54.6 Å². The molecule has 3 aromatic carbocycles. The molecule has 7 rings (SSSR count). The Morgan fingerprint density at radius 3 is 2.17 bits per heavy atom. The third-order valence-corrected chi connectivity index (χ3v) is 9.39. The number of nitrogens with zero attached hydrogens (tertiary/aromatic N) is 8. The minimum atomic E-state index is -1.24. The lowest BCUT2D eigenvalue weighted by molar-refractivity contribution is -0.127. The number of ketones is 1. The number of anilines is 2. The summed E-state index contributed by atoms with van der Waals surface area (Å²) in [6.45, 7) is 8.86. The Morgan fingerprint density at radius 1 is 0.904 bits per heavy atom. The van der Waals surface area contributed by atoms with Crippen LogP contribution in [0.5, 0.6) is 5.75 Å². The maximum Gasteiger partial charge on any atom is 0.350 e. The Hall–Kier alpha value is -5.41. The van der Waals surface area contributed by atoms with E-state index in [0.29, 0.717) is 11.4 Å². The van der Waals surface area contributed by atoms with Crippen LogP contribution in [0.15, 0.2) is 90.5 Å². The fourth-order valence-electron chi connectivity index (χ4n) is 6.33. The predicted octanol–water partition coefficient (Wildman–Crippen LogP) is 4.19. The molecule has 0 radical (unpaired) electrons. The van der Waals surface area contributed by atoms with E-state index in [4.69, 9.17) is 14.2 Å². The molecule has 2 unspecified atom stereocenters. The van der Waals surface area contributed by atoms with Crippen LogP contribution in [-0.2, 0) is 33.0 Å². The van der Waals surface area contributed by atoms with Crippen molar-refractivity contribution in [3.05, 3.63) is 113 Å². The maximum absolute atomic E-state index is 14.9. The number of benzene rings is 3. The number of ether oxygens (including phenoxy) is 3. The summed E-state index contributed by atoms with van der Waals surface area (Å²) in [6, 6.07) is 18.9. The molecule has 0 bridgehead atoms. The van der Waals surface area contributed by atoms with Gasteiger partial charge in [0.2, 0.25) is 0 Å². The molecule has 0 spiro atoms. The van der Waals surface area contributed by atoms with Gasteiger partial charge in [0.15, 0.2) is 12.1 Å². The van der Waals surface area contributed by atoms with Gasteiger partial charge in [0.05, 0.1) is 18.8 Å². The van der Waals surface area contributed by atoms with Gasteiger partial charge in [0.1, 0.15) is 55.1 Å². The largest absolute Gasteiger partial charge is 0.488 e. The molecule has 52 heavy (non-hydrogen) atoms. The summed E-state index contributed by atoms with van der Waals surface area (Å²) in [7, 11) is 0. The zero-order chi connectivity index (χ0) is 36.5. The minimum Gasteiger partial charge on any atom is -0.488 e. The van der Waals surface area contributed by atoms with Gasteiger partial charge in [-0.25, -0.2) is 32.5 Å². The smallest absolute Gasteiger partial charge is 0.350 e. The van der Waals surface area contributed by atoms with Crippen molar-refractivity contribution in [1.82, 2.24) is 29.1 Å². The van der Waals surface area contributed by atoms with E-state index in [-0.39, 0.29) is 43.3 Å². The number of carbonyl (C=O) groups excluding carboxylic acids is 1. The molecule has 2 saturated heterocycles. The van der Waals surface area contributed by atoms with Crippen LogP contribution >= 0.6 is 0 Å². The summed E-state index contributed by atoms with van der Waals surface area (Å²) >= 11 is 0. The number of piperazine rings is 1. The van der Waals surface area contributed by atoms with Crippen LogP contribution in [0, 0.1) is 17.0 Å². The third kappa shape index (κ3) is 7.46. The topological polar surface area (TPSA) is 122 Å². The second kappa shape index (κ2) is 14.3. The maximum atomic E-state index is 14.9. The van der Waals surface area contributed by atoms with Crippen molar-refractivity contribution >= 4 is 17.2 Å². The Bertz CT molecular complexity index is 2050. The van der Waals surface area contributed by atoms with Crippen LogP contribution in [0.1, 0.15) is 26.3 Å². The highest BCUT2D eigenvalue weighted by molar-refractivity contribution is 5.83. The normalized spacial score (nSPS) is 19.3. The first kappa shape index (κ1) is 35.0. The van der Waals surface area contributed by atoms with Gasteiger partial charge in [-0.3, -0.25) is 4.79 Å². The summed E-state index contributed by atoms with van der Waals surface area (Å²) in [6.07, 6.45) is 3.53. The first-order valence-corrected chi connectivity index (χ1v) is 17.1. The molecule has 2 aliphatic rings. The highest BCUT2D eigenvalue weighted by Crippen LogP contribution is 2.37. The van der Waals surface area contributed by atoms with Crippen LogP contribution in [0.3, 0.4) is 0 Å². The number of carbonyl (C=O) groups is 1. The van der Waals surface area contributed by atoms with Crippen molar-refractivity contribution in [3.8, 4) is 11.4 Å². The molecule has 2 aliphatic heterocycles. The first-order valence-electron chi connectivity index (χ1n) is 17.1. The summed E-state index contributed by atoms with van der Waals surface area (Å²) in [5, 5.41) is 8.27. The van der Waals surface area contributed by atoms with E-state index < -0.39 is 28.9 Å². The van der Waals surface area contributed by atoms with Gasteiger partial charge in [-0.1, -0.05) is 26.8 Å². The third-order valence-electron chi connectivity index (χ3n) is 9.39. The lowest BCUT2D eigenvalue weighted by atomic mass is 9.91. The summed E-state index contributed by atoms with van der Waals surface area (Å²) in [5.74, 6) is -0.845. The number of aromatic nitrogens is 6. The number of halogens is 2. The molecule has 0 aliphatic carbocycles. The predicted molar refractivity (Wildman–Crippen MR) is 188 cm³/mol. The average molecular weight is 715 g/mol. The Balaban J connectivity index is 0.915.